The highest BCUT2D eigenvalue weighted by Gasteiger charge is 2.31. The summed E-state index contributed by atoms with van der Waals surface area (Å²) in [5, 5.41) is 3.65. The van der Waals surface area contributed by atoms with E-state index < -0.39 is 0 Å². The van der Waals surface area contributed by atoms with Crippen molar-refractivity contribution in [3.05, 3.63) is 83.9 Å². The molecule has 1 aromatic heterocycles. The van der Waals surface area contributed by atoms with Crippen molar-refractivity contribution in [3.63, 3.8) is 0 Å². The average molecular weight is 385 g/mol. The summed E-state index contributed by atoms with van der Waals surface area (Å²) in [6.07, 6.45) is 0.910. The van der Waals surface area contributed by atoms with Crippen molar-refractivity contribution in [3.8, 4) is 11.5 Å². The van der Waals surface area contributed by atoms with Gasteiger partial charge in [0.2, 0.25) is 5.95 Å². The lowest BCUT2D eigenvalue weighted by molar-refractivity contribution is 0.353. The molecule has 0 spiro atoms. The van der Waals surface area contributed by atoms with E-state index in [2.05, 4.69) is 64.5 Å². The van der Waals surface area contributed by atoms with Crippen LogP contribution in [-0.2, 0) is 0 Å². The Morgan fingerprint density at radius 1 is 0.862 bits per heavy atom. The topological polar surface area (TPSA) is 48.3 Å². The molecule has 0 bridgehead atoms. The van der Waals surface area contributed by atoms with Gasteiger partial charge in [0.1, 0.15) is 0 Å². The SMILES string of the molecule is COc1ccc([C@H]2C[C@@H](c3ccccc3)Nc3nc4ccccc4n32)cc1OC. The zero-order valence-corrected chi connectivity index (χ0v) is 16.5. The zero-order valence-electron chi connectivity index (χ0n) is 16.5. The van der Waals surface area contributed by atoms with Crippen molar-refractivity contribution in [2.75, 3.05) is 19.5 Å². The number of fused-ring (bicyclic) bond motifs is 3. The van der Waals surface area contributed by atoms with Crippen molar-refractivity contribution in [2.45, 2.75) is 18.5 Å². The first-order valence-corrected chi connectivity index (χ1v) is 9.79. The molecule has 0 saturated heterocycles. The average Bonchev–Trinajstić information content (AvgIpc) is 3.17. The van der Waals surface area contributed by atoms with Crippen LogP contribution in [0.25, 0.3) is 11.0 Å². The van der Waals surface area contributed by atoms with E-state index in [0.717, 1.165) is 34.9 Å². The number of ether oxygens (including phenoxy) is 2. The molecule has 5 nitrogen and oxygen atoms in total. The summed E-state index contributed by atoms with van der Waals surface area (Å²) in [5.41, 5.74) is 4.56. The molecule has 1 aliphatic rings. The fourth-order valence-electron chi connectivity index (χ4n) is 4.26. The minimum atomic E-state index is 0.128. The summed E-state index contributed by atoms with van der Waals surface area (Å²) >= 11 is 0. The van der Waals surface area contributed by atoms with Crippen molar-refractivity contribution in [1.29, 1.82) is 0 Å². The van der Waals surface area contributed by atoms with Gasteiger partial charge in [0, 0.05) is 0 Å². The molecule has 0 aliphatic carbocycles. The summed E-state index contributed by atoms with van der Waals surface area (Å²) < 4.78 is 13.3. The first-order valence-electron chi connectivity index (χ1n) is 9.79. The van der Waals surface area contributed by atoms with Crippen molar-refractivity contribution in [2.24, 2.45) is 0 Å². The normalized spacial score (nSPS) is 18.1. The number of nitrogens with zero attached hydrogens (tertiary/aromatic N) is 2. The van der Waals surface area contributed by atoms with E-state index in [0.29, 0.717) is 0 Å². The molecule has 2 atom stereocenters. The number of aromatic nitrogens is 2. The van der Waals surface area contributed by atoms with Gasteiger partial charge in [-0.25, -0.2) is 4.98 Å². The predicted octanol–water partition coefficient (Wildman–Crippen LogP) is 5.20. The van der Waals surface area contributed by atoms with Gasteiger partial charge < -0.3 is 19.4 Å². The van der Waals surface area contributed by atoms with E-state index >= 15 is 0 Å². The predicted molar refractivity (Wildman–Crippen MR) is 115 cm³/mol. The maximum Gasteiger partial charge on any atom is 0.204 e. The number of hydrogen-bond donors (Lipinski definition) is 1. The third-order valence-electron chi connectivity index (χ3n) is 5.66. The lowest BCUT2D eigenvalue weighted by Crippen LogP contribution is -2.27. The molecule has 0 fully saturated rings. The van der Waals surface area contributed by atoms with Gasteiger partial charge in [-0.2, -0.15) is 0 Å². The maximum absolute atomic E-state index is 5.57. The van der Waals surface area contributed by atoms with E-state index in [1.165, 1.54) is 11.1 Å². The lowest BCUT2D eigenvalue weighted by atomic mass is 9.92. The molecule has 29 heavy (non-hydrogen) atoms. The number of anilines is 1. The second-order valence-corrected chi connectivity index (χ2v) is 7.27. The number of hydrogen-bond acceptors (Lipinski definition) is 4. The Labute approximate surface area is 169 Å². The van der Waals surface area contributed by atoms with Gasteiger partial charge in [0.15, 0.2) is 11.5 Å². The minimum Gasteiger partial charge on any atom is -0.493 e. The van der Waals surface area contributed by atoms with Crippen LogP contribution in [0, 0.1) is 0 Å². The number of benzene rings is 3. The van der Waals surface area contributed by atoms with E-state index in [1.807, 2.05) is 18.2 Å². The van der Waals surface area contributed by atoms with E-state index in [-0.39, 0.29) is 12.1 Å². The molecule has 2 heterocycles. The molecule has 0 saturated carbocycles. The Balaban J connectivity index is 1.67. The number of imidazole rings is 1. The molecular weight excluding hydrogens is 362 g/mol. The van der Waals surface area contributed by atoms with Crippen molar-refractivity contribution in [1.82, 2.24) is 9.55 Å². The van der Waals surface area contributed by atoms with Crippen LogP contribution in [0.3, 0.4) is 0 Å². The number of nitrogens with one attached hydrogen (secondary N) is 1. The fourth-order valence-corrected chi connectivity index (χ4v) is 4.26. The van der Waals surface area contributed by atoms with Crippen LogP contribution in [0.5, 0.6) is 11.5 Å². The molecule has 0 radical (unpaired) electrons. The van der Waals surface area contributed by atoms with Gasteiger partial charge in [-0.05, 0) is 41.8 Å². The Morgan fingerprint density at radius 2 is 1.62 bits per heavy atom. The fraction of sp³-hybridized carbons (Fsp3) is 0.208. The molecule has 3 aromatic carbocycles. The van der Waals surface area contributed by atoms with Gasteiger partial charge in [0.25, 0.3) is 0 Å². The second-order valence-electron chi connectivity index (χ2n) is 7.27. The molecule has 5 rings (SSSR count). The smallest absolute Gasteiger partial charge is 0.204 e. The molecule has 146 valence electrons. The van der Waals surface area contributed by atoms with Gasteiger partial charge >= 0.3 is 0 Å². The molecule has 1 N–H and O–H groups in total. The summed E-state index contributed by atoms with van der Waals surface area (Å²) in [6, 6.07) is 25.3. The van der Waals surface area contributed by atoms with E-state index in [9.17, 15) is 0 Å². The van der Waals surface area contributed by atoms with Gasteiger partial charge in [-0.3, -0.25) is 0 Å². The Hall–Kier alpha value is -3.47. The maximum atomic E-state index is 5.57. The van der Waals surface area contributed by atoms with Crippen molar-refractivity contribution < 1.29 is 9.47 Å². The van der Waals surface area contributed by atoms with Crippen LogP contribution < -0.4 is 14.8 Å². The van der Waals surface area contributed by atoms with Gasteiger partial charge in [0.05, 0.1) is 37.3 Å². The highest BCUT2D eigenvalue weighted by atomic mass is 16.5. The van der Waals surface area contributed by atoms with Crippen LogP contribution in [0.15, 0.2) is 72.8 Å². The van der Waals surface area contributed by atoms with Crippen LogP contribution in [-0.4, -0.2) is 23.8 Å². The highest BCUT2D eigenvalue weighted by molar-refractivity contribution is 5.79. The molecule has 5 heteroatoms. The zero-order chi connectivity index (χ0) is 19.8. The first kappa shape index (κ1) is 17.6. The largest absolute Gasteiger partial charge is 0.493 e. The third-order valence-corrected chi connectivity index (χ3v) is 5.66. The lowest BCUT2D eigenvalue weighted by Gasteiger charge is -2.33. The summed E-state index contributed by atoms with van der Waals surface area (Å²) in [5.74, 6) is 2.37. The highest BCUT2D eigenvalue weighted by Crippen LogP contribution is 2.42. The third kappa shape index (κ3) is 2.99. The van der Waals surface area contributed by atoms with E-state index in [4.69, 9.17) is 14.5 Å². The van der Waals surface area contributed by atoms with Crippen LogP contribution in [0.2, 0.25) is 0 Å². The van der Waals surface area contributed by atoms with Gasteiger partial charge in [-0.15, -0.1) is 0 Å². The summed E-state index contributed by atoms with van der Waals surface area (Å²) in [7, 11) is 3.34. The summed E-state index contributed by atoms with van der Waals surface area (Å²) in [4.78, 5) is 4.88. The standard InChI is InChI=1S/C24H23N3O2/c1-28-22-13-12-17(14-23(22)29-2)21-15-19(16-8-4-3-5-9-16)26-24-25-18-10-6-7-11-20(18)27(21)24/h3-14,19,21H,15H2,1-2H3,(H,25,26)/t19-,21+/m0/s1. The van der Waals surface area contributed by atoms with Crippen LogP contribution >= 0.6 is 0 Å². The van der Waals surface area contributed by atoms with E-state index in [1.54, 1.807) is 14.2 Å². The Kier molecular flexibility index (Phi) is 4.35. The number of rotatable bonds is 4. The molecule has 0 amide bonds. The van der Waals surface area contributed by atoms with Crippen LogP contribution in [0.1, 0.15) is 29.6 Å². The summed E-state index contributed by atoms with van der Waals surface area (Å²) in [6.45, 7) is 0. The Bertz CT molecular complexity index is 1150. The monoisotopic (exact) mass is 385 g/mol. The van der Waals surface area contributed by atoms with Crippen molar-refractivity contribution >= 4 is 17.0 Å². The molecule has 4 aromatic rings. The number of methoxy groups -OCH3 is 2. The Morgan fingerprint density at radius 3 is 2.41 bits per heavy atom. The quantitative estimate of drug-likeness (QED) is 0.525. The minimum absolute atomic E-state index is 0.128. The first-order chi connectivity index (χ1) is 14.3. The molecule has 0 unspecified atom stereocenters. The molecular formula is C24H23N3O2. The van der Waals surface area contributed by atoms with Gasteiger partial charge in [-0.1, -0.05) is 48.5 Å². The molecule has 1 aliphatic heterocycles. The second kappa shape index (κ2) is 7.17. The van der Waals surface area contributed by atoms with Crippen LogP contribution in [0.4, 0.5) is 5.95 Å². The number of para-hydroxylation sites is 2.